The van der Waals surface area contributed by atoms with Gasteiger partial charge in [0.15, 0.2) is 0 Å². The summed E-state index contributed by atoms with van der Waals surface area (Å²) in [6, 6.07) is 12.6. The van der Waals surface area contributed by atoms with Gasteiger partial charge in [-0.2, -0.15) is 0 Å². The Balaban J connectivity index is 2.51. The fraction of sp³-hybridized carbons (Fsp3) is 0.250. The second kappa shape index (κ2) is 5.85. The van der Waals surface area contributed by atoms with Gasteiger partial charge in [0, 0.05) is 23.5 Å². The van der Waals surface area contributed by atoms with Crippen LogP contribution in [0, 0.1) is 12.7 Å². The highest BCUT2D eigenvalue weighted by molar-refractivity contribution is 5.68. The number of aryl methyl sites for hydroxylation is 1. The Bertz CT molecular complexity index is 568. The standard InChI is InChI=1S/C16H18FNO/c1-3-18(15-7-5-4-6-12(15)2)16-9-8-14(17)10-13(16)11-19/h4-10,19H,3,11H2,1-2H3. The van der Waals surface area contributed by atoms with Crippen LogP contribution in [-0.4, -0.2) is 11.7 Å². The van der Waals surface area contributed by atoms with Crippen molar-refractivity contribution in [2.45, 2.75) is 20.5 Å². The van der Waals surface area contributed by atoms with Crippen LogP contribution in [0.3, 0.4) is 0 Å². The number of hydrogen-bond donors (Lipinski definition) is 1. The summed E-state index contributed by atoms with van der Waals surface area (Å²) in [4.78, 5) is 2.08. The van der Waals surface area contributed by atoms with Crippen molar-refractivity contribution < 1.29 is 9.50 Å². The summed E-state index contributed by atoms with van der Waals surface area (Å²) in [6.45, 7) is 4.66. The number of hydrogen-bond acceptors (Lipinski definition) is 2. The molecule has 3 heteroatoms. The monoisotopic (exact) mass is 259 g/mol. The summed E-state index contributed by atoms with van der Waals surface area (Å²) in [7, 11) is 0. The van der Waals surface area contributed by atoms with Gasteiger partial charge in [0.25, 0.3) is 0 Å². The van der Waals surface area contributed by atoms with Gasteiger partial charge in [0.2, 0.25) is 0 Å². The van der Waals surface area contributed by atoms with E-state index in [-0.39, 0.29) is 12.4 Å². The molecule has 0 fully saturated rings. The van der Waals surface area contributed by atoms with Gasteiger partial charge in [0.1, 0.15) is 5.82 Å². The van der Waals surface area contributed by atoms with E-state index in [1.165, 1.54) is 12.1 Å². The number of para-hydroxylation sites is 1. The van der Waals surface area contributed by atoms with Crippen molar-refractivity contribution in [3.63, 3.8) is 0 Å². The maximum atomic E-state index is 13.3. The molecule has 0 amide bonds. The zero-order valence-corrected chi connectivity index (χ0v) is 11.2. The molecule has 0 unspecified atom stereocenters. The van der Waals surface area contributed by atoms with Crippen LogP contribution in [0.25, 0.3) is 0 Å². The Hall–Kier alpha value is -1.87. The average molecular weight is 259 g/mol. The number of benzene rings is 2. The summed E-state index contributed by atoms with van der Waals surface area (Å²) in [5, 5.41) is 9.41. The molecule has 2 aromatic carbocycles. The first-order chi connectivity index (χ1) is 9.17. The van der Waals surface area contributed by atoms with Gasteiger partial charge in [-0.1, -0.05) is 18.2 Å². The van der Waals surface area contributed by atoms with E-state index in [2.05, 4.69) is 4.90 Å². The molecular formula is C16H18FNO. The molecule has 0 heterocycles. The molecule has 100 valence electrons. The van der Waals surface area contributed by atoms with Gasteiger partial charge in [-0.3, -0.25) is 0 Å². The normalized spacial score (nSPS) is 10.5. The molecule has 0 aliphatic rings. The van der Waals surface area contributed by atoms with Crippen LogP contribution in [-0.2, 0) is 6.61 Å². The highest BCUT2D eigenvalue weighted by Crippen LogP contribution is 2.31. The van der Waals surface area contributed by atoms with Crippen molar-refractivity contribution >= 4 is 11.4 Å². The van der Waals surface area contributed by atoms with Crippen molar-refractivity contribution in [3.8, 4) is 0 Å². The largest absolute Gasteiger partial charge is 0.392 e. The predicted octanol–water partition coefficient (Wildman–Crippen LogP) is 3.78. The third kappa shape index (κ3) is 2.76. The van der Waals surface area contributed by atoms with Gasteiger partial charge >= 0.3 is 0 Å². The van der Waals surface area contributed by atoms with E-state index >= 15 is 0 Å². The van der Waals surface area contributed by atoms with Crippen LogP contribution >= 0.6 is 0 Å². The van der Waals surface area contributed by atoms with E-state index in [1.807, 2.05) is 38.1 Å². The van der Waals surface area contributed by atoms with Gasteiger partial charge in [-0.05, 0) is 43.7 Å². The van der Waals surface area contributed by atoms with Crippen LogP contribution in [0.2, 0.25) is 0 Å². The molecule has 0 atom stereocenters. The lowest BCUT2D eigenvalue weighted by molar-refractivity contribution is 0.281. The molecule has 0 spiro atoms. The van der Waals surface area contributed by atoms with Gasteiger partial charge in [0.05, 0.1) is 6.61 Å². The minimum Gasteiger partial charge on any atom is -0.392 e. The summed E-state index contributed by atoms with van der Waals surface area (Å²) in [5.41, 5.74) is 3.68. The minimum absolute atomic E-state index is 0.171. The first-order valence-corrected chi connectivity index (χ1v) is 6.39. The molecule has 0 aromatic heterocycles. The third-order valence-corrected chi connectivity index (χ3v) is 3.23. The zero-order valence-electron chi connectivity index (χ0n) is 11.2. The number of anilines is 2. The summed E-state index contributed by atoms with van der Waals surface area (Å²) >= 11 is 0. The quantitative estimate of drug-likeness (QED) is 0.903. The lowest BCUT2D eigenvalue weighted by Gasteiger charge is -2.27. The highest BCUT2D eigenvalue weighted by atomic mass is 19.1. The minimum atomic E-state index is -0.325. The van der Waals surface area contributed by atoms with Crippen LogP contribution in [0.4, 0.5) is 15.8 Å². The van der Waals surface area contributed by atoms with Crippen molar-refractivity contribution in [2.75, 3.05) is 11.4 Å². The molecule has 0 bridgehead atoms. The number of aliphatic hydroxyl groups excluding tert-OH is 1. The van der Waals surface area contributed by atoms with Crippen molar-refractivity contribution in [1.82, 2.24) is 0 Å². The van der Waals surface area contributed by atoms with E-state index in [9.17, 15) is 9.50 Å². The molecule has 19 heavy (non-hydrogen) atoms. The lowest BCUT2D eigenvalue weighted by Crippen LogP contribution is -2.18. The smallest absolute Gasteiger partial charge is 0.123 e. The molecule has 2 aromatic rings. The molecule has 0 aliphatic heterocycles. The molecule has 0 saturated heterocycles. The Morgan fingerprint density at radius 1 is 1.11 bits per heavy atom. The molecular weight excluding hydrogens is 241 g/mol. The number of rotatable bonds is 4. The maximum absolute atomic E-state index is 13.3. The summed E-state index contributed by atoms with van der Waals surface area (Å²) in [6.07, 6.45) is 0. The molecule has 0 radical (unpaired) electrons. The fourth-order valence-corrected chi connectivity index (χ4v) is 2.28. The number of halogens is 1. The van der Waals surface area contributed by atoms with E-state index in [0.29, 0.717) is 5.56 Å². The van der Waals surface area contributed by atoms with Crippen LogP contribution in [0.1, 0.15) is 18.1 Å². The second-order valence-corrected chi connectivity index (χ2v) is 4.46. The Kier molecular flexibility index (Phi) is 4.17. The Labute approximate surface area is 113 Å². The SMILES string of the molecule is CCN(c1ccccc1C)c1ccc(F)cc1CO. The predicted molar refractivity (Wildman–Crippen MR) is 76.2 cm³/mol. The first kappa shape index (κ1) is 13.6. The second-order valence-electron chi connectivity index (χ2n) is 4.46. The third-order valence-electron chi connectivity index (χ3n) is 3.23. The van der Waals surface area contributed by atoms with Crippen LogP contribution in [0.5, 0.6) is 0 Å². The zero-order chi connectivity index (χ0) is 13.8. The van der Waals surface area contributed by atoms with Crippen LogP contribution in [0.15, 0.2) is 42.5 Å². The Morgan fingerprint density at radius 3 is 2.47 bits per heavy atom. The number of nitrogens with zero attached hydrogens (tertiary/aromatic N) is 1. The topological polar surface area (TPSA) is 23.5 Å². The van der Waals surface area contributed by atoms with Crippen molar-refractivity contribution in [1.29, 1.82) is 0 Å². The molecule has 0 aliphatic carbocycles. The van der Waals surface area contributed by atoms with E-state index in [0.717, 1.165) is 23.5 Å². The molecule has 1 N–H and O–H groups in total. The van der Waals surface area contributed by atoms with Crippen molar-refractivity contribution in [3.05, 3.63) is 59.4 Å². The highest BCUT2D eigenvalue weighted by Gasteiger charge is 2.13. The molecule has 2 nitrogen and oxygen atoms in total. The average Bonchev–Trinajstić information content (AvgIpc) is 2.43. The van der Waals surface area contributed by atoms with E-state index in [4.69, 9.17) is 0 Å². The molecule has 2 rings (SSSR count). The van der Waals surface area contributed by atoms with Gasteiger partial charge in [-0.15, -0.1) is 0 Å². The number of aliphatic hydroxyl groups is 1. The summed E-state index contributed by atoms with van der Waals surface area (Å²) < 4.78 is 13.3. The lowest BCUT2D eigenvalue weighted by atomic mass is 10.1. The van der Waals surface area contributed by atoms with Gasteiger partial charge in [-0.25, -0.2) is 4.39 Å². The Morgan fingerprint density at radius 2 is 1.84 bits per heavy atom. The molecule has 0 saturated carbocycles. The fourth-order valence-electron chi connectivity index (χ4n) is 2.28. The van der Waals surface area contributed by atoms with E-state index < -0.39 is 0 Å². The van der Waals surface area contributed by atoms with Crippen LogP contribution < -0.4 is 4.90 Å². The first-order valence-electron chi connectivity index (χ1n) is 6.39. The summed E-state index contributed by atoms with van der Waals surface area (Å²) in [5.74, 6) is -0.325. The van der Waals surface area contributed by atoms with E-state index in [1.54, 1.807) is 6.07 Å². The van der Waals surface area contributed by atoms with Gasteiger partial charge < -0.3 is 10.0 Å². The maximum Gasteiger partial charge on any atom is 0.123 e. The van der Waals surface area contributed by atoms with Crippen molar-refractivity contribution in [2.24, 2.45) is 0 Å².